The van der Waals surface area contributed by atoms with Gasteiger partial charge < -0.3 is 4.74 Å². The highest BCUT2D eigenvalue weighted by Crippen LogP contribution is 2.27. The highest BCUT2D eigenvalue weighted by molar-refractivity contribution is 9.10. The third-order valence-corrected chi connectivity index (χ3v) is 3.27. The van der Waals surface area contributed by atoms with Gasteiger partial charge in [0.15, 0.2) is 0 Å². The van der Waals surface area contributed by atoms with E-state index < -0.39 is 10.0 Å². The SMILES string of the molecule is C#CCCOc1ccc(S(N)(=O)=O)cc1Br. The highest BCUT2D eigenvalue weighted by Gasteiger charge is 2.10. The normalized spacial score (nSPS) is 10.8. The van der Waals surface area contributed by atoms with Gasteiger partial charge in [0.2, 0.25) is 10.0 Å². The molecule has 1 aromatic carbocycles. The number of hydrogen-bond acceptors (Lipinski definition) is 3. The van der Waals surface area contributed by atoms with Crippen molar-refractivity contribution in [3.05, 3.63) is 22.7 Å². The van der Waals surface area contributed by atoms with Crippen molar-refractivity contribution in [1.82, 2.24) is 0 Å². The first kappa shape index (κ1) is 13.0. The number of ether oxygens (including phenoxy) is 1. The molecule has 0 heterocycles. The van der Waals surface area contributed by atoms with Crippen LogP contribution in [0.25, 0.3) is 0 Å². The maximum atomic E-state index is 11.0. The molecule has 2 N–H and O–H groups in total. The van der Waals surface area contributed by atoms with Gasteiger partial charge >= 0.3 is 0 Å². The molecule has 0 saturated heterocycles. The van der Waals surface area contributed by atoms with Gasteiger partial charge in [-0.15, -0.1) is 12.3 Å². The molecule has 0 unspecified atom stereocenters. The number of primary sulfonamides is 1. The van der Waals surface area contributed by atoms with Crippen molar-refractivity contribution >= 4 is 26.0 Å². The Kier molecular flexibility index (Phi) is 4.35. The minimum atomic E-state index is -3.69. The summed E-state index contributed by atoms with van der Waals surface area (Å²) in [4.78, 5) is 0.0312. The molecule has 0 spiro atoms. The Labute approximate surface area is 103 Å². The van der Waals surface area contributed by atoms with Crippen molar-refractivity contribution in [2.75, 3.05) is 6.61 Å². The van der Waals surface area contributed by atoms with Crippen LogP contribution in [-0.4, -0.2) is 15.0 Å². The molecule has 0 bridgehead atoms. The largest absolute Gasteiger partial charge is 0.491 e. The van der Waals surface area contributed by atoms with E-state index >= 15 is 0 Å². The van der Waals surface area contributed by atoms with Gasteiger partial charge in [0.1, 0.15) is 5.75 Å². The number of halogens is 1. The average molecular weight is 304 g/mol. The summed E-state index contributed by atoms with van der Waals surface area (Å²) >= 11 is 3.20. The number of rotatable bonds is 4. The zero-order valence-corrected chi connectivity index (χ0v) is 10.7. The average Bonchev–Trinajstić information content (AvgIpc) is 2.19. The number of benzene rings is 1. The fourth-order valence-electron chi connectivity index (χ4n) is 0.996. The third kappa shape index (κ3) is 3.52. The maximum absolute atomic E-state index is 11.0. The van der Waals surface area contributed by atoms with E-state index in [0.29, 0.717) is 23.2 Å². The molecule has 4 nitrogen and oxygen atoms in total. The number of hydrogen-bond donors (Lipinski definition) is 1. The lowest BCUT2D eigenvalue weighted by Crippen LogP contribution is -2.12. The fraction of sp³-hybridized carbons (Fsp3) is 0.200. The molecule has 0 aromatic heterocycles. The Bertz CT molecular complexity index is 519. The van der Waals surface area contributed by atoms with Crippen LogP contribution < -0.4 is 9.88 Å². The number of terminal acetylenes is 1. The second-order valence-corrected chi connectivity index (χ2v) is 5.36. The molecule has 0 amide bonds. The highest BCUT2D eigenvalue weighted by atomic mass is 79.9. The smallest absolute Gasteiger partial charge is 0.238 e. The monoisotopic (exact) mass is 303 g/mol. The van der Waals surface area contributed by atoms with Gasteiger partial charge in [0, 0.05) is 6.42 Å². The van der Waals surface area contributed by atoms with Gasteiger partial charge in [-0.2, -0.15) is 0 Å². The zero-order chi connectivity index (χ0) is 12.2. The van der Waals surface area contributed by atoms with E-state index in [0.717, 1.165) is 0 Å². The summed E-state index contributed by atoms with van der Waals surface area (Å²) < 4.78 is 27.9. The van der Waals surface area contributed by atoms with Crippen LogP contribution in [0.3, 0.4) is 0 Å². The lowest BCUT2D eigenvalue weighted by Gasteiger charge is -2.07. The summed E-state index contributed by atoms with van der Waals surface area (Å²) in [5, 5.41) is 4.98. The Balaban J connectivity index is 2.89. The molecular formula is C10H10BrNO3S. The van der Waals surface area contributed by atoms with Gasteiger partial charge in [-0.1, -0.05) is 0 Å². The van der Waals surface area contributed by atoms with E-state index in [9.17, 15) is 8.42 Å². The predicted octanol–water partition coefficient (Wildman–Crippen LogP) is 1.50. The van der Waals surface area contributed by atoms with Crippen molar-refractivity contribution in [2.24, 2.45) is 5.14 Å². The van der Waals surface area contributed by atoms with Crippen molar-refractivity contribution in [3.63, 3.8) is 0 Å². The van der Waals surface area contributed by atoms with Crippen molar-refractivity contribution in [2.45, 2.75) is 11.3 Å². The Morgan fingerprint density at radius 2 is 2.19 bits per heavy atom. The quantitative estimate of drug-likeness (QED) is 0.677. The van der Waals surface area contributed by atoms with E-state index in [2.05, 4.69) is 21.9 Å². The number of nitrogens with two attached hydrogens (primary N) is 1. The minimum absolute atomic E-state index is 0.0312. The molecule has 0 radical (unpaired) electrons. The molecule has 6 heteroatoms. The lowest BCUT2D eigenvalue weighted by atomic mass is 10.3. The van der Waals surface area contributed by atoms with Gasteiger partial charge in [0.25, 0.3) is 0 Å². The summed E-state index contributed by atoms with van der Waals surface area (Å²) in [5.74, 6) is 2.97. The standard InChI is InChI=1S/C10H10BrNO3S/c1-2-3-6-15-10-5-4-8(7-9(10)11)16(12,13)14/h1,4-5,7H,3,6H2,(H2,12,13,14). The molecule has 86 valence electrons. The summed E-state index contributed by atoms with van der Waals surface area (Å²) in [6.07, 6.45) is 5.56. The van der Waals surface area contributed by atoms with Crippen LogP contribution >= 0.6 is 15.9 Å². The van der Waals surface area contributed by atoms with Crippen LogP contribution in [0, 0.1) is 12.3 Å². The molecule has 1 rings (SSSR count). The molecule has 16 heavy (non-hydrogen) atoms. The molecule has 0 aliphatic heterocycles. The van der Waals surface area contributed by atoms with E-state index in [1.54, 1.807) is 0 Å². The lowest BCUT2D eigenvalue weighted by molar-refractivity contribution is 0.325. The van der Waals surface area contributed by atoms with Crippen LogP contribution in [-0.2, 0) is 10.0 Å². The van der Waals surface area contributed by atoms with Gasteiger partial charge in [0.05, 0.1) is 16.0 Å². The van der Waals surface area contributed by atoms with E-state index in [1.165, 1.54) is 18.2 Å². The minimum Gasteiger partial charge on any atom is -0.491 e. The van der Waals surface area contributed by atoms with Crippen molar-refractivity contribution in [1.29, 1.82) is 0 Å². The number of sulfonamides is 1. The Morgan fingerprint density at radius 1 is 1.50 bits per heavy atom. The van der Waals surface area contributed by atoms with E-state index in [4.69, 9.17) is 16.3 Å². The molecule has 0 aliphatic carbocycles. The Morgan fingerprint density at radius 3 is 2.69 bits per heavy atom. The zero-order valence-electron chi connectivity index (χ0n) is 8.31. The topological polar surface area (TPSA) is 69.4 Å². The molecule has 0 atom stereocenters. The summed E-state index contributed by atoms with van der Waals surface area (Å²) in [6, 6.07) is 4.30. The first-order chi connectivity index (χ1) is 7.45. The van der Waals surface area contributed by atoms with Crippen LogP contribution in [0.4, 0.5) is 0 Å². The van der Waals surface area contributed by atoms with Crippen LogP contribution in [0.1, 0.15) is 6.42 Å². The van der Waals surface area contributed by atoms with Crippen LogP contribution in [0.5, 0.6) is 5.75 Å². The van der Waals surface area contributed by atoms with Gasteiger partial charge in [-0.3, -0.25) is 0 Å². The van der Waals surface area contributed by atoms with Crippen molar-refractivity contribution < 1.29 is 13.2 Å². The van der Waals surface area contributed by atoms with Gasteiger partial charge in [-0.25, -0.2) is 13.6 Å². The molecular weight excluding hydrogens is 294 g/mol. The molecule has 1 aromatic rings. The summed E-state index contributed by atoms with van der Waals surface area (Å²) in [6.45, 7) is 0.379. The van der Waals surface area contributed by atoms with Crippen LogP contribution in [0.15, 0.2) is 27.6 Å². The molecule has 0 aliphatic rings. The first-order valence-corrected chi connectivity index (χ1v) is 6.67. The predicted molar refractivity (Wildman–Crippen MR) is 64.5 cm³/mol. The summed E-state index contributed by atoms with van der Waals surface area (Å²) in [5.41, 5.74) is 0. The third-order valence-electron chi connectivity index (χ3n) is 1.74. The van der Waals surface area contributed by atoms with E-state index in [1.807, 2.05) is 0 Å². The first-order valence-electron chi connectivity index (χ1n) is 4.34. The van der Waals surface area contributed by atoms with E-state index in [-0.39, 0.29) is 4.90 Å². The summed E-state index contributed by atoms with van der Waals surface area (Å²) in [7, 11) is -3.69. The second-order valence-electron chi connectivity index (χ2n) is 2.94. The fourth-order valence-corrected chi connectivity index (χ4v) is 2.18. The van der Waals surface area contributed by atoms with Crippen molar-refractivity contribution in [3.8, 4) is 18.1 Å². The molecule has 0 fully saturated rings. The Hall–Kier alpha value is -1.03. The second kappa shape index (κ2) is 5.34. The maximum Gasteiger partial charge on any atom is 0.238 e. The van der Waals surface area contributed by atoms with Gasteiger partial charge in [-0.05, 0) is 34.1 Å². The molecule has 0 saturated carbocycles. The van der Waals surface area contributed by atoms with Crippen LogP contribution in [0.2, 0.25) is 0 Å².